The number of carbonyl (C=O) groups excluding carboxylic acids is 3. The molecule has 35 heavy (non-hydrogen) atoms. The van der Waals surface area contributed by atoms with E-state index in [-0.39, 0.29) is 28.8 Å². The predicted molar refractivity (Wildman–Crippen MR) is 128 cm³/mol. The van der Waals surface area contributed by atoms with Gasteiger partial charge in [0.25, 0.3) is 0 Å². The number of ketones is 1. The molecule has 1 aliphatic carbocycles. The highest BCUT2D eigenvalue weighted by Gasteiger charge is 2.40. The summed E-state index contributed by atoms with van der Waals surface area (Å²) in [6.07, 6.45) is 2.39. The standard InChI is InChI=1S/C27H24FNO5S/c1-16(30)33-22-9-5-3-7-20(22)27(32)34-24-14-18-15-29(13-12-23(18)35-24)25(26(31)17-10-11-17)19-6-2-4-8-21(19)28/h2-9,14,17,25H,10-13,15H2,1H3. The zero-order valence-corrected chi connectivity index (χ0v) is 20.0. The van der Waals surface area contributed by atoms with Crippen LogP contribution in [0.25, 0.3) is 0 Å². The summed E-state index contributed by atoms with van der Waals surface area (Å²) in [7, 11) is 0. The van der Waals surface area contributed by atoms with Gasteiger partial charge in [0.15, 0.2) is 10.8 Å². The minimum absolute atomic E-state index is 0.00252. The number of rotatable bonds is 7. The molecule has 0 N–H and O–H groups in total. The van der Waals surface area contributed by atoms with E-state index in [0.29, 0.717) is 30.1 Å². The van der Waals surface area contributed by atoms with Gasteiger partial charge in [0.2, 0.25) is 0 Å². The van der Waals surface area contributed by atoms with Crippen molar-refractivity contribution >= 4 is 29.1 Å². The van der Waals surface area contributed by atoms with Gasteiger partial charge >= 0.3 is 11.9 Å². The van der Waals surface area contributed by atoms with Gasteiger partial charge in [-0.15, -0.1) is 11.3 Å². The molecule has 6 nitrogen and oxygen atoms in total. The summed E-state index contributed by atoms with van der Waals surface area (Å²) in [5.74, 6) is -1.31. The topological polar surface area (TPSA) is 72.9 Å². The molecule has 2 aliphatic rings. The Morgan fingerprint density at radius 2 is 1.80 bits per heavy atom. The normalized spacial score (nSPS) is 16.3. The van der Waals surface area contributed by atoms with Crippen molar-refractivity contribution in [2.24, 2.45) is 5.92 Å². The number of Topliss-reactive ketones (excluding diaryl/α,β-unsaturated/α-hetero) is 1. The number of carbonyl (C=O) groups is 3. The average Bonchev–Trinajstić information content (AvgIpc) is 3.60. The van der Waals surface area contributed by atoms with Crippen LogP contribution >= 0.6 is 11.3 Å². The molecule has 2 heterocycles. The number of fused-ring (bicyclic) bond motifs is 1. The number of ether oxygens (including phenoxy) is 2. The Morgan fingerprint density at radius 3 is 2.54 bits per heavy atom. The molecule has 180 valence electrons. The van der Waals surface area contributed by atoms with Crippen LogP contribution in [0.15, 0.2) is 54.6 Å². The van der Waals surface area contributed by atoms with E-state index >= 15 is 0 Å². The van der Waals surface area contributed by atoms with E-state index in [2.05, 4.69) is 0 Å². The molecule has 3 aromatic rings. The van der Waals surface area contributed by atoms with Crippen molar-refractivity contribution in [3.8, 4) is 10.8 Å². The van der Waals surface area contributed by atoms with Crippen molar-refractivity contribution in [1.29, 1.82) is 0 Å². The Balaban J connectivity index is 1.35. The molecule has 0 bridgehead atoms. The molecule has 1 unspecified atom stereocenters. The summed E-state index contributed by atoms with van der Waals surface area (Å²) < 4.78 is 25.4. The van der Waals surface area contributed by atoms with E-state index in [0.717, 1.165) is 23.3 Å². The molecule has 1 atom stereocenters. The molecule has 0 radical (unpaired) electrons. The Morgan fingerprint density at radius 1 is 1.06 bits per heavy atom. The zero-order valence-electron chi connectivity index (χ0n) is 19.2. The van der Waals surface area contributed by atoms with Gasteiger partial charge in [-0.1, -0.05) is 30.3 Å². The fourth-order valence-electron chi connectivity index (χ4n) is 4.44. The number of hydrogen-bond donors (Lipinski definition) is 0. The predicted octanol–water partition coefficient (Wildman–Crippen LogP) is 5.11. The van der Waals surface area contributed by atoms with E-state index in [9.17, 15) is 18.8 Å². The zero-order chi connectivity index (χ0) is 24.5. The first-order chi connectivity index (χ1) is 16.9. The van der Waals surface area contributed by atoms with Crippen LogP contribution < -0.4 is 9.47 Å². The van der Waals surface area contributed by atoms with Gasteiger partial charge in [-0.25, -0.2) is 9.18 Å². The molecule has 8 heteroatoms. The van der Waals surface area contributed by atoms with Crippen LogP contribution in [0.4, 0.5) is 4.39 Å². The molecule has 1 aliphatic heterocycles. The highest BCUT2D eigenvalue weighted by atomic mass is 32.1. The van der Waals surface area contributed by atoms with E-state index in [1.54, 1.807) is 42.5 Å². The number of esters is 2. The van der Waals surface area contributed by atoms with Crippen LogP contribution in [-0.2, 0) is 22.6 Å². The monoisotopic (exact) mass is 493 g/mol. The summed E-state index contributed by atoms with van der Waals surface area (Å²) in [5, 5.41) is 0.426. The Bertz CT molecular complexity index is 1300. The SMILES string of the molecule is CC(=O)Oc1ccccc1C(=O)Oc1cc2c(s1)CCN(C(C(=O)C1CC1)c1ccccc1F)C2. The summed E-state index contributed by atoms with van der Waals surface area (Å²) in [6, 6.07) is 14.1. The van der Waals surface area contributed by atoms with E-state index in [4.69, 9.17) is 9.47 Å². The second-order valence-corrected chi connectivity index (χ2v) is 9.91. The van der Waals surface area contributed by atoms with Gasteiger partial charge < -0.3 is 9.47 Å². The molecule has 0 amide bonds. The van der Waals surface area contributed by atoms with Crippen LogP contribution in [0.5, 0.6) is 10.8 Å². The van der Waals surface area contributed by atoms with Gasteiger partial charge in [0, 0.05) is 36.4 Å². The number of benzene rings is 2. The van der Waals surface area contributed by atoms with Crippen LogP contribution in [0.1, 0.15) is 52.2 Å². The first-order valence-corrected chi connectivity index (χ1v) is 12.4. The molecule has 1 fully saturated rings. The van der Waals surface area contributed by atoms with Gasteiger partial charge in [-0.3, -0.25) is 14.5 Å². The maximum Gasteiger partial charge on any atom is 0.348 e. The lowest BCUT2D eigenvalue weighted by Gasteiger charge is -2.34. The lowest BCUT2D eigenvalue weighted by atomic mass is 9.95. The third-order valence-corrected chi connectivity index (χ3v) is 7.36. The molecular formula is C27H24FNO5S. The van der Waals surface area contributed by atoms with Gasteiger partial charge in [0.1, 0.15) is 17.1 Å². The largest absolute Gasteiger partial charge is 0.426 e. The second kappa shape index (κ2) is 9.71. The molecule has 5 rings (SSSR count). The third kappa shape index (κ3) is 5.04. The first-order valence-electron chi connectivity index (χ1n) is 11.5. The van der Waals surface area contributed by atoms with E-state index in [1.165, 1.54) is 30.4 Å². The summed E-state index contributed by atoms with van der Waals surface area (Å²) in [6.45, 7) is 2.34. The maximum atomic E-state index is 14.7. The van der Waals surface area contributed by atoms with Gasteiger partial charge in [0.05, 0.1) is 6.04 Å². The lowest BCUT2D eigenvalue weighted by molar-refractivity contribution is -0.132. The summed E-state index contributed by atoms with van der Waals surface area (Å²) in [5.41, 5.74) is 1.53. The number of thiophene rings is 1. The first kappa shape index (κ1) is 23.4. The van der Waals surface area contributed by atoms with Crippen LogP contribution in [0, 0.1) is 11.7 Å². The Kier molecular flexibility index (Phi) is 6.49. The lowest BCUT2D eigenvalue weighted by Crippen LogP contribution is -2.38. The minimum atomic E-state index is -0.627. The number of halogens is 1. The van der Waals surface area contributed by atoms with Crippen LogP contribution in [-0.4, -0.2) is 29.2 Å². The fourth-order valence-corrected chi connectivity index (χ4v) is 5.45. The van der Waals surface area contributed by atoms with Crippen LogP contribution in [0.2, 0.25) is 0 Å². The van der Waals surface area contributed by atoms with Crippen molar-refractivity contribution in [3.05, 3.63) is 82.0 Å². The quantitative estimate of drug-likeness (QED) is 0.336. The average molecular weight is 494 g/mol. The maximum absolute atomic E-state index is 14.7. The highest BCUT2D eigenvalue weighted by molar-refractivity contribution is 7.14. The highest BCUT2D eigenvalue weighted by Crippen LogP contribution is 2.41. The molecule has 0 spiro atoms. The summed E-state index contributed by atoms with van der Waals surface area (Å²) >= 11 is 1.38. The molecular weight excluding hydrogens is 469 g/mol. The number of nitrogens with zero attached hydrogens (tertiary/aromatic N) is 1. The van der Waals surface area contributed by atoms with Crippen LogP contribution in [0.3, 0.4) is 0 Å². The van der Waals surface area contributed by atoms with Crippen molar-refractivity contribution < 1.29 is 28.2 Å². The Hall–Kier alpha value is -3.36. The molecule has 0 saturated heterocycles. The molecule has 2 aromatic carbocycles. The number of para-hydroxylation sites is 1. The van der Waals surface area contributed by atoms with E-state index < -0.39 is 18.0 Å². The van der Waals surface area contributed by atoms with Crippen molar-refractivity contribution in [2.75, 3.05) is 6.54 Å². The third-order valence-electron chi connectivity index (χ3n) is 6.24. The second-order valence-electron chi connectivity index (χ2n) is 8.81. The fraction of sp³-hybridized carbons (Fsp3) is 0.296. The van der Waals surface area contributed by atoms with Gasteiger partial charge in [-0.05, 0) is 49.1 Å². The Labute approximate surface area is 206 Å². The number of hydrogen-bond acceptors (Lipinski definition) is 7. The van der Waals surface area contributed by atoms with Gasteiger partial charge in [-0.2, -0.15) is 0 Å². The molecule has 1 aromatic heterocycles. The van der Waals surface area contributed by atoms with E-state index in [1.807, 2.05) is 4.90 Å². The van der Waals surface area contributed by atoms with Crippen molar-refractivity contribution in [2.45, 2.75) is 38.8 Å². The van der Waals surface area contributed by atoms with Crippen molar-refractivity contribution in [3.63, 3.8) is 0 Å². The van der Waals surface area contributed by atoms with Crippen molar-refractivity contribution in [1.82, 2.24) is 4.90 Å². The summed E-state index contributed by atoms with van der Waals surface area (Å²) in [4.78, 5) is 40.4. The molecule has 1 saturated carbocycles. The minimum Gasteiger partial charge on any atom is -0.426 e. The smallest absolute Gasteiger partial charge is 0.348 e.